The number of aryl methyl sites for hydroxylation is 1. The van der Waals surface area contributed by atoms with Crippen molar-refractivity contribution < 1.29 is 4.74 Å². The van der Waals surface area contributed by atoms with Gasteiger partial charge < -0.3 is 19.5 Å². The molecule has 8 heteroatoms. The number of aliphatic imine (C=N–C) groups is 1. The van der Waals surface area contributed by atoms with Gasteiger partial charge in [-0.15, -0.1) is 34.2 Å². The number of rotatable bonds is 7. The number of hydrogen-bond donors (Lipinski definition) is 1. The highest BCUT2D eigenvalue weighted by atomic mass is 127. The van der Waals surface area contributed by atoms with Crippen molar-refractivity contribution in [3.8, 4) is 0 Å². The van der Waals surface area contributed by atoms with Crippen molar-refractivity contribution in [3.63, 3.8) is 0 Å². The number of benzene rings is 1. The van der Waals surface area contributed by atoms with E-state index in [2.05, 4.69) is 44.7 Å². The van der Waals surface area contributed by atoms with Gasteiger partial charge in [0.05, 0.1) is 0 Å². The molecule has 0 aliphatic carbocycles. The fourth-order valence-corrected chi connectivity index (χ4v) is 3.05. The van der Waals surface area contributed by atoms with Crippen LogP contribution in [0.4, 0.5) is 5.69 Å². The first-order valence-electron chi connectivity index (χ1n) is 9.27. The monoisotopic (exact) mass is 484 g/mol. The number of anilines is 1. The first kappa shape index (κ1) is 21.6. The van der Waals surface area contributed by atoms with Gasteiger partial charge in [-0.2, -0.15) is 0 Å². The van der Waals surface area contributed by atoms with Crippen molar-refractivity contribution in [1.82, 2.24) is 20.1 Å². The third kappa shape index (κ3) is 5.41. The Morgan fingerprint density at radius 3 is 2.85 bits per heavy atom. The molecule has 0 bridgehead atoms. The smallest absolute Gasteiger partial charge is 0.198 e. The largest absolute Gasteiger partial charge is 0.382 e. The molecule has 27 heavy (non-hydrogen) atoms. The maximum Gasteiger partial charge on any atom is 0.198 e. The van der Waals surface area contributed by atoms with Gasteiger partial charge >= 0.3 is 0 Å². The Bertz CT molecular complexity index is 760. The van der Waals surface area contributed by atoms with Gasteiger partial charge in [-0.25, -0.2) is 4.99 Å². The maximum atomic E-state index is 5.43. The second-order valence-electron chi connectivity index (χ2n) is 6.37. The second kappa shape index (κ2) is 10.6. The van der Waals surface area contributed by atoms with Crippen molar-refractivity contribution in [1.29, 1.82) is 0 Å². The normalized spacial score (nSPS) is 13.4. The number of fused-ring (bicyclic) bond motifs is 1. The van der Waals surface area contributed by atoms with Crippen LogP contribution in [0, 0.1) is 6.92 Å². The molecule has 0 atom stereocenters. The first-order chi connectivity index (χ1) is 12.7. The minimum atomic E-state index is 0. The quantitative estimate of drug-likeness (QED) is 0.283. The summed E-state index contributed by atoms with van der Waals surface area (Å²) in [7, 11) is 1.97. The Labute approximate surface area is 178 Å². The Morgan fingerprint density at radius 2 is 2.11 bits per heavy atom. The molecule has 0 spiro atoms. The number of ether oxygens (including phenoxy) is 1. The van der Waals surface area contributed by atoms with Crippen LogP contribution in [0.5, 0.6) is 0 Å². The van der Waals surface area contributed by atoms with Crippen molar-refractivity contribution >= 4 is 35.6 Å². The van der Waals surface area contributed by atoms with Gasteiger partial charge in [-0.05, 0) is 38.3 Å². The molecule has 148 valence electrons. The Balaban J connectivity index is 0.00000261. The van der Waals surface area contributed by atoms with Crippen LogP contribution >= 0.6 is 24.0 Å². The van der Waals surface area contributed by atoms with Crippen LogP contribution in [-0.4, -0.2) is 47.0 Å². The third-order valence-corrected chi connectivity index (χ3v) is 4.65. The van der Waals surface area contributed by atoms with Gasteiger partial charge in [0, 0.05) is 39.0 Å². The summed E-state index contributed by atoms with van der Waals surface area (Å²) >= 11 is 0. The fraction of sp³-hybridized carbons (Fsp3) is 0.526. The predicted octanol–water partition coefficient (Wildman–Crippen LogP) is 2.68. The van der Waals surface area contributed by atoms with E-state index < -0.39 is 0 Å². The topological polar surface area (TPSA) is 67.6 Å². The molecule has 0 amide bonds. The lowest BCUT2D eigenvalue weighted by Gasteiger charge is -2.23. The van der Waals surface area contributed by atoms with Gasteiger partial charge in [0.25, 0.3) is 0 Å². The maximum absolute atomic E-state index is 5.43. The van der Waals surface area contributed by atoms with Crippen LogP contribution in [0.1, 0.15) is 30.6 Å². The molecule has 1 N–H and O–H groups in total. The van der Waals surface area contributed by atoms with Crippen molar-refractivity contribution in [2.45, 2.75) is 33.2 Å². The molecule has 0 unspecified atom stereocenters. The number of hydrogen-bond acceptors (Lipinski definition) is 4. The summed E-state index contributed by atoms with van der Waals surface area (Å²) in [5.41, 5.74) is 2.60. The molecule has 0 saturated carbocycles. The van der Waals surface area contributed by atoms with Crippen LogP contribution in [0.2, 0.25) is 0 Å². The van der Waals surface area contributed by atoms with Crippen LogP contribution in [-0.2, 0) is 24.8 Å². The third-order valence-electron chi connectivity index (χ3n) is 4.65. The number of nitrogens with one attached hydrogen (secondary N) is 1. The van der Waals surface area contributed by atoms with E-state index in [-0.39, 0.29) is 24.0 Å². The SMILES string of the molecule is CCOCCCNC(=NCc1nnc(C)n1C)N1CCc2ccccc21.I. The highest BCUT2D eigenvalue weighted by Crippen LogP contribution is 2.27. The summed E-state index contributed by atoms with van der Waals surface area (Å²) in [6.07, 6.45) is 1.99. The van der Waals surface area contributed by atoms with Gasteiger partial charge in [0.15, 0.2) is 11.8 Å². The van der Waals surface area contributed by atoms with E-state index in [0.29, 0.717) is 6.54 Å². The molecule has 2 heterocycles. The zero-order valence-corrected chi connectivity index (χ0v) is 18.6. The van der Waals surface area contributed by atoms with Crippen molar-refractivity contribution in [3.05, 3.63) is 41.5 Å². The molecule has 0 saturated heterocycles. The summed E-state index contributed by atoms with van der Waals surface area (Å²) in [4.78, 5) is 7.10. The Hall–Kier alpha value is -1.68. The summed E-state index contributed by atoms with van der Waals surface area (Å²) in [5.74, 6) is 2.66. The van der Waals surface area contributed by atoms with Gasteiger partial charge in [-0.1, -0.05) is 18.2 Å². The average molecular weight is 484 g/mol. The molecule has 1 aliphatic rings. The van der Waals surface area contributed by atoms with Crippen molar-refractivity contribution in [2.75, 3.05) is 31.2 Å². The van der Waals surface area contributed by atoms with E-state index in [1.807, 2.05) is 25.5 Å². The second-order valence-corrected chi connectivity index (χ2v) is 6.37. The Kier molecular flexibility index (Phi) is 8.49. The van der Waals surface area contributed by atoms with Crippen LogP contribution < -0.4 is 10.2 Å². The summed E-state index contributed by atoms with van der Waals surface area (Å²) in [5, 5.41) is 11.8. The molecular weight excluding hydrogens is 455 g/mol. The van der Waals surface area contributed by atoms with E-state index in [1.54, 1.807) is 0 Å². The van der Waals surface area contributed by atoms with Crippen LogP contribution in [0.25, 0.3) is 0 Å². The summed E-state index contributed by atoms with van der Waals surface area (Å²) in [6.45, 7) is 7.75. The number of aromatic nitrogens is 3. The Morgan fingerprint density at radius 1 is 1.30 bits per heavy atom. The molecule has 3 rings (SSSR count). The lowest BCUT2D eigenvalue weighted by molar-refractivity contribution is 0.145. The molecule has 0 radical (unpaired) electrons. The minimum Gasteiger partial charge on any atom is -0.382 e. The fourth-order valence-electron chi connectivity index (χ4n) is 3.05. The molecule has 7 nitrogen and oxygen atoms in total. The highest BCUT2D eigenvalue weighted by Gasteiger charge is 2.22. The molecule has 2 aromatic rings. The predicted molar refractivity (Wildman–Crippen MR) is 119 cm³/mol. The summed E-state index contributed by atoms with van der Waals surface area (Å²) in [6, 6.07) is 8.52. The lowest BCUT2D eigenvalue weighted by atomic mass is 10.2. The van der Waals surface area contributed by atoms with E-state index in [9.17, 15) is 0 Å². The molecule has 1 aliphatic heterocycles. The average Bonchev–Trinajstić information content (AvgIpc) is 3.22. The van der Waals surface area contributed by atoms with E-state index in [4.69, 9.17) is 9.73 Å². The van der Waals surface area contributed by atoms with Gasteiger partial charge in [0.1, 0.15) is 12.4 Å². The number of nitrogens with zero attached hydrogens (tertiary/aromatic N) is 5. The zero-order valence-electron chi connectivity index (χ0n) is 16.3. The van der Waals surface area contributed by atoms with Crippen LogP contribution in [0.15, 0.2) is 29.3 Å². The number of halogens is 1. The van der Waals surface area contributed by atoms with E-state index >= 15 is 0 Å². The van der Waals surface area contributed by atoms with Gasteiger partial charge in [-0.3, -0.25) is 0 Å². The lowest BCUT2D eigenvalue weighted by Crippen LogP contribution is -2.41. The van der Waals surface area contributed by atoms with Gasteiger partial charge in [0.2, 0.25) is 0 Å². The van der Waals surface area contributed by atoms with Crippen molar-refractivity contribution in [2.24, 2.45) is 12.0 Å². The first-order valence-corrected chi connectivity index (χ1v) is 9.27. The molecule has 1 aromatic carbocycles. The number of guanidine groups is 1. The van der Waals surface area contributed by atoms with E-state index in [0.717, 1.165) is 56.8 Å². The number of para-hydroxylation sites is 1. The molecule has 1 aromatic heterocycles. The molecular formula is C19H29IN6O. The minimum absolute atomic E-state index is 0. The summed E-state index contributed by atoms with van der Waals surface area (Å²) < 4.78 is 7.41. The molecule has 0 fully saturated rings. The standard InChI is InChI=1S/C19H28N6O.HI/c1-4-26-13-7-11-20-19(21-14-18-23-22-15(2)24(18)3)25-12-10-16-8-5-6-9-17(16)25;/h5-6,8-9H,4,7,10-14H2,1-3H3,(H,20,21);1H. The van der Waals surface area contributed by atoms with Crippen LogP contribution in [0.3, 0.4) is 0 Å². The highest BCUT2D eigenvalue weighted by molar-refractivity contribution is 14.0. The zero-order chi connectivity index (χ0) is 18.4. The van der Waals surface area contributed by atoms with E-state index in [1.165, 1.54) is 11.3 Å².